The Balaban J connectivity index is 2.32. The minimum absolute atomic E-state index is 0.240. The summed E-state index contributed by atoms with van der Waals surface area (Å²) in [7, 11) is 1.28. The molecule has 0 aliphatic carbocycles. The summed E-state index contributed by atoms with van der Waals surface area (Å²) in [6, 6.07) is 11.0. The first-order valence-corrected chi connectivity index (χ1v) is 5.61. The van der Waals surface area contributed by atoms with Crippen molar-refractivity contribution in [2.24, 2.45) is 0 Å². The van der Waals surface area contributed by atoms with E-state index in [1.54, 1.807) is 30.3 Å². The number of carbonyl (C=O) groups is 1. The van der Waals surface area contributed by atoms with Crippen LogP contribution in [-0.4, -0.2) is 13.1 Å². The Labute approximate surface area is 110 Å². The number of rotatable bonds is 3. The molecule has 0 saturated carbocycles. The van der Waals surface area contributed by atoms with Crippen molar-refractivity contribution in [1.29, 1.82) is 0 Å². The third kappa shape index (κ3) is 2.82. The molecule has 0 aliphatic heterocycles. The molecule has 0 atom stereocenters. The Hall–Kier alpha value is -2.56. The fourth-order valence-electron chi connectivity index (χ4n) is 1.64. The van der Waals surface area contributed by atoms with Crippen molar-refractivity contribution in [3.05, 3.63) is 53.8 Å². The minimum atomic E-state index is -0.533. The van der Waals surface area contributed by atoms with E-state index in [2.05, 4.69) is 10.1 Å². The van der Waals surface area contributed by atoms with Gasteiger partial charge < -0.3 is 15.8 Å². The second kappa shape index (κ2) is 5.39. The molecule has 0 saturated heterocycles. The van der Waals surface area contributed by atoms with Gasteiger partial charge in [-0.05, 0) is 30.3 Å². The van der Waals surface area contributed by atoms with Gasteiger partial charge in [0.25, 0.3) is 0 Å². The number of ether oxygens (including phenoxy) is 1. The number of halogens is 1. The maximum Gasteiger partial charge on any atom is 0.340 e. The topological polar surface area (TPSA) is 64.3 Å². The van der Waals surface area contributed by atoms with Crippen molar-refractivity contribution in [3.63, 3.8) is 0 Å². The van der Waals surface area contributed by atoms with Crippen LogP contribution in [0, 0.1) is 5.82 Å². The number of hydrogen-bond donors (Lipinski definition) is 2. The normalized spacial score (nSPS) is 10.0. The van der Waals surface area contributed by atoms with Crippen molar-refractivity contribution < 1.29 is 13.9 Å². The predicted octanol–water partition coefficient (Wildman–Crippen LogP) is 2.94. The molecule has 0 heterocycles. The third-order valence-electron chi connectivity index (χ3n) is 2.61. The molecule has 0 bridgehead atoms. The summed E-state index contributed by atoms with van der Waals surface area (Å²) in [5.41, 5.74) is 7.11. The molecule has 5 heteroatoms. The average Bonchev–Trinajstić information content (AvgIpc) is 2.42. The van der Waals surface area contributed by atoms with Crippen molar-refractivity contribution in [1.82, 2.24) is 0 Å². The number of nitrogens with two attached hydrogens (primary N) is 1. The SMILES string of the molecule is COC(=O)c1cc(Nc2ccccc2F)ccc1N. The highest BCUT2D eigenvalue weighted by molar-refractivity contribution is 5.96. The Kier molecular flexibility index (Phi) is 3.66. The number of esters is 1. The first-order chi connectivity index (χ1) is 9.11. The molecule has 0 spiro atoms. The third-order valence-corrected chi connectivity index (χ3v) is 2.61. The molecule has 0 amide bonds. The Bertz CT molecular complexity index is 614. The first-order valence-electron chi connectivity index (χ1n) is 5.61. The lowest BCUT2D eigenvalue weighted by Crippen LogP contribution is -2.06. The van der Waals surface area contributed by atoms with Gasteiger partial charge in [-0.1, -0.05) is 12.1 Å². The van der Waals surface area contributed by atoms with Crippen LogP contribution in [0.5, 0.6) is 0 Å². The largest absolute Gasteiger partial charge is 0.465 e. The number of nitrogen functional groups attached to an aromatic ring is 1. The summed E-state index contributed by atoms with van der Waals surface area (Å²) in [5.74, 6) is -0.909. The number of benzene rings is 2. The van der Waals surface area contributed by atoms with Gasteiger partial charge in [-0.15, -0.1) is 0 Å². The van der Waals surface area contributed by atoms with Gasteiger partial charge in [-0.3, -0.25) is 0 Å². The van der Waals surface area contributed by atoms with E-state index in [0.717, 1.165) is 0 Å². The van der Waals surface area contributed by atoms with Crippen LogP contribution < -0.4 is 11.1 Å². The number of nitrogens with one attached hydrogen (secondary N) is 1. The van der Waals surface area contributed by atoms with Crippen LogP contribution in [0.4, 0.5) is 21.5 Å². The number of hydrogen-bond acceptors (Lipinski definition) is 4. The molecule has 0 aliphatic rings. The van der Waals surface area contributed by atoms with Crippen LogP contribution in [0.2, 0.25) is 0 Å². The molecule has 2 aromatic carbocycles. The lowest BCUT2D eigenvalue weighted by Gasteiger charge is -2.10. The van der Waals surface area contributed by atoms with Gasteiger partial charge >= 0.3 is 5.97 Å². The number of anilines is 3. The summed E-state index contributed by atoms with van der Waals surface area (Å²) >= 11 is 0. The molecule has 0 unspecified atom stereocenters. The van der Waals surface area contributed by atoms with E-state index < -0.39 is 5.97 Å². The Morgan fingerprint density at radius 1 is 1.26 bits per heavy atom. The van der Waals surface area contributed by atoms with Gasteiger partial charge in [0.2, 0.25) is 0 Å². The zero-order valence-electron chi connectivity index (χ0n) is 10.3. The van der Waals surface area contributed by atoms with Gasteiger partial charge in [0, 0.05) is 11.4 Å². The van der Waals surface area contributed by atoms with E-state index in [1.807, 2.05) is 0 Å². The zero-order valence-corrected chi connectivity index (χ0v) is 10.3. The van der Waals surface area contributed by atoms with Crippen molar-refractivity contribution in [2.45, 2.75) is 0 Å². The fourth-order valence-corrected chi connectivity index (χ4v) is 1.64. The maximum atomic E-state index is 13.5. The molecule has 2 aromatic rings. The molecule has 4 nitrogen and oxygen atoms in total. The first kappa shape index (κ1) is 12.9. The fraction of sp³-hybridized carbons (Fsp3) is 0.0714. The monoisotopic (exact) mass is 260 g/mol. The standard InChI is InChI=1S/C14H13FN2O2/c1-19-14(18)10-8-9(6-7-12(10)16)17-13-5-3-2-4-11(13)15/h2-8,17H,16H2,1H3. The smallest absolute Gasteiger partial charge is 0.340 e. The number of carbonyl (C=O) groups excluding carboxylic acids is 1. The van der Waals surface area contributed by atoms with E-state index >= 15 is 0 Å². The number of para-hydroxylation sites is 1. The summed E-state index contributed by atoms with van der Waals surface area (Å²) < 4.78 is 18.1. The van der Waals surface area contributed by atoms with Crippen LogP contribution in [0.25, 0.3) is 0 Å². The number of methoxy groups -OCH3 is 1. The lowest BCUT2D eigenvalue weighted by molar-refractivity contribution is 0.0602. The van der Waals surface area contributed by atoms with Crippen LogP contribution in [0.3, 0.4) is 0 Å². The predicted molar refractivity (Wildman–Crippen MR) is 71.9 cm³/mol. The van der Waals surface area contributed by atoms with Crippen molar-refractivity contribution in [2.75, 3.05) is 18.2 Å². The molecule has 98 valence electrons. The quantitative estimate of drug-likeness (QED) is 0.658. The van der Waals surface area contributed by atoms with E-state index in [1.165, 1.54) is 19.2 Å². The molecule has 0 radical (unpaired) electrons. The van der Waals surface area contributed by atoms with E-state index in [4.69, 9.17) is 5.73 Å². The van der Waals surface area contributed by atoms with Gasteiger partial charge in [0.05, 0.1) is 18.4 Å². The molecular formula is C14H13FN2O2. The second-order valence-electron chi connectivity index (χ2n) is 3.90. The Morgan fingerprint density at radius 2 is 2.00 bits per heavy atom. The van der Waals surface area contributed by atoms with Crippen LogP contribution in [-0.2, 0) is 4.74 Å². The second-order valence-corrected chi connectivity index (χ2v) is 3.90. The molecule has 2 rings (SSSR count). The summed E-state index contributed by atoms with van der Waals surface area (Å²) in [6.45, 7) is 0. The van der Waals surface area contributed by atoms with Crippen molar-refractivity contribution >= 4 is 23.0 Å². The molecule has 0 fully saturated rings. The lowest BCUT2D eigenvalue weighted by atomic mass is 10.1. The molecule has 19 heavy (non-hydrogen) atoms. The highest BCUT2D eigenvalue weighted by Gasteiger charge is 2.11. The zero-order chi connectivity index (χ0) is 13.8. The van der Waals surface area contributed by atoms with Gasteiger partial charge in [-0.2, -0.15) is 0 Å². The van der Waals surface area contributed by atoms with E-state index in [9.17, 15) is 9.18 Å². The van der Waals surface area contributed by atoms with E-state index in [0.29, 0.717) is 17.1 Å². The van der Waals surface area contributed by atoms with Gasteiger partial charge in [0.1, 0.15) is 5.82 Å². The maximum absolute atomic E-state index is 13.5. The van der Waals surface area contributed by atoms with Crippen LogP contribution in [0.15, 0.2) is 42.5 Å². The highest BCUT2D eigenvalue weighted by atomic mass is 19.1. The van der Waals surface area contributed by atoms with E-state index in [-0.39, 0.29) is 11.4 Å². The highest BCUT2D eigenvalue weighted by Crippen LogP contribution is 2.23. The van der Waals surface area contributed by atoms with Crippen LogP contribution >= 0.6 is 0 Å². The molecule has 0 aromatic heterocycles. The van der Waals surface area contributed by atoms with Crippen LogP contribution in [0.1, 0.15) is 10.4 Å². The van der Waals surface area contributed by atoms with Gasteiger partial charge in [0.15, 0.2) is 0 Å². The average molecular weight is 260 g/mol. The van der Waals surface area contributed by atoms with Gasteiger partial charge in [-0.25, -0.2) is 9.18 Å². The minimum Gasteiger partial charge on any atom is -0.465 e. The summed E-state index contributed by atoms with van der Waals surface area (Å²) in [5, 5.41) is 2.88. The van der Waals surface area contributed by atoms with Crippen molar-refractivity contribution in [3.8, 4) is 0 Å². The Morgan fingerprint density at radius 3 is 2.68 bits per heavy atom. The summed E-state index contributed by atoms with van der Waals surface area (Å²) in [4.78, 5) is 11.5. The molecule has 3 N–H and O–H groups in total. The summed E-state index contributed by atoms with van der Waals surface area (Å²) in [6.07, 6.45) is 0. The molecular weight excluding hydrogens is 247 g/mol.